The minimum atomic E-state index is -1.70. The van der Waals surface area contributed by atoms with Crippen LogP contribution < -0.4 is 25.9 Å². The monoisotopic (exact) mass is 504 g/mol. The number of para-hydroxylation sites is 2. The molecule has 186 valence electrons. The molecule has 0 radical (unpaired) electrons. The second kappa shape index (κ2) is 10.7. The molecule has 1 aliphatic rings. The fourth-order valence-electron chi connectivity index (χ4n) is 4.12. The molecular weight excluding hydrogens is 476 g/mol. The molecule has 0 saturated heterocycles. The van der Waals surface area contributed by atoms with Crippen LogP contribution in [0.4, 0.5) is 22.7 Å². The third-order valence-corrected chi connectivity index (χ3v) is 6.22. The first-order chi connectivity index (χ1) is 17.4. The third kappa shape index (κ3) is 4.99. The van der Waals surface area contributed by atoms with Gasteiger partial charge in [-0.1, -0.05) is 41.9 Å². The Morgan fingerprint density at radius 3 is 2.22 bits per heavy atom. The number of hydrogen-bond acceptors (Lipinski definition) is 6. The summed E-state index contributed by atoms with van der Waals surface area (Å²) in [6.07, 6.45) is 0. The zero-order valence-electron chi connectivity index (χ0n) is 20.5. The molecule has 9 heteroatoms. The normalized spacial score (nSPS) is 16.9. The molecule has 0 saturated carbocycles. The summed E-state index contributed by atoms with van der Waals surface area (Å²) in [4.78, 5) is 28.6. The molecule has 3 aromatic rings. The van der Waals surface area contributed by atoms with Crippen molar-refractivity contribution in [2.24, 2.45) is 5.10 Å². The van der Waals surface area contributed by atoms with Gasteiger partial charge in [0.15, 0.2) is 5.84 Å². The molecular formula is C27H29ClN6O2. The van der Waals surface area contributed by atoms with Crippen molar-refractivity contribution >= 4 is 52.0 Å². The Balaban J connectivity index is 1.78. The number of hydrogen-bond donors (Lipinski definition) is 3. The van der Waals surface area contributed by atoms with Gasteiger partial charge in [0, 0.05) is 31.4 Å². The Hall–Kier alpha value is -4.04. The van der Waals surface area contributed by atoms with Gasteiger partial charge >= 0.3 is 5.91 Å². The van der Waals surface area contributed by atoms with Crippen LogP contribution in [0.2, 0.25) is 5.02 Å². The van der Waals surface area contributed by atoms with Crippen LogP contribution in [-0.4, -0.2) is 36.4 Å². The van der Waals surface area contributed by atoms with E-state index in [9.17, 15) is 9.59 Å². The van der Waals surface area contributed by atoms with Gasteiger partial charge in [0.2, 0.25) is 5.91 Å². The van der Waals surface area contributed by atoms with Crippen molar-refractivity contribution in [1.29, 1.82) is 0 Å². The number of nitrogens with zero attached hydrogens (tertiary/aromatic N) is 3. The van der Waals surface area contributed by atoms with Crippen molar-refractivity contribution in [3.8, 4) is 0 Å². The minimum Gasteiger partial charge on any atom is -0.372 e. The Morgan fingerprint density at radius 1 is 0.972 bits per heavy atom. The Labute approximate surface area is 215 Å². The van der Waals surface area contributed by atoms with E-state index < -0.39 is 17.5 Å². The van der Waals surface area contributed by atoms with Crippen LogP contribution in [0, 0.1) is 0 Å². The molecule has 1 heterocycles. The van der Waals surface area contributed by atoms with Crippen molar-refractivity contribution in [3.63, 3.8) is 0 Å². The number of rotatable bonds is 8. The maximum Gasteiger partial charge on any atom is 0.302 e. The summed E-state index contributed by atoms with van der Waals surface area (Å²) in [6, 6.07) is 23.9. The molecule has 1 atom stereocenters. The molecule has 8 nitrogen and oxygen atoms in total. The number of nitrogens with one attached hydrogen (secondary N) is 3. The molecule has 0 aliphatic carbocycles. The molecule has 4 rings (SSSR count). The van der Waals surface area contributed by atoms with E-state index in [1.54, 1.807) is 24.3 Å². The molecule has 0 spiro atoms. The van der Waals surface area contributed by atoms with Crippen molar-refractivity contribution in [1.82, 2.24) is 5.32 Å². The largest absolute Gasteiger partial charge is 0.372 e. The summed E-state index contributed by atoms with van der Waals surface area (Å²) >= 11 is 6.40. The van der Waals surface area contributed by atoms with Crippen molar-refractivity contribution in [2.75, 3.05) is 33.6 Å². The van der Waals surface area contributed by atoms with E-state index in [0.29, 0.717) is 22.1 Å². The van der Waals surface area contributed by atoms with Crippen molar-refractivity contribution < 1.29 is 9.59 Å². The number of hydrazone groups is 1. The van der Waals surface area contributed by atoms with Gasteiger partial charge in [0.25, 0.3) is 5.66 Å². The second-order valence-electron chi connectivity index (χ2n) is 8.28. The third-order valence-electron chi connectivity index (χ3n) is 5.89. The molecule has 0 aromatic heterocycles. The van der Waals surface area contributed by atoms with E-state index in [0.717, 1.165) is 18.8 Å². The molecule has 3 N–H and O–H groups in total. The van der Waals surface area contributed by atoms with E-state index in [4.69, 9.17) is 11.6 Å². The number of amides is 2. The highest BCUT2D eigenvalue weighted by atomic mass is 35.5. The number of benzene rings is 3. The number of carbonyl (C=O) groups is 2. The van der Waals surface area contributed by atoms with Crippen LogP contribution in [0.3, 0.4) is 0 Å². The fraction of sp³-hybridized carbons (Fsp3) is 0.222. The second-order valence-corrected chi connectivity index (χ2v) is 8.69. The molecule has 0 bridgehead atoms. The predicted molar refractivity (Wildman–Crippen MR) is 147 cm³/mol. The highest BCUT2D eigenvalue weighted by Gasteiger charge is 2.53. The lowest BCUT2D eigenvalue weighted by molar-refractivity contribution is -0.127. The summed E-state index contributed by atoms with van der Waals surface area (Å²) in [6.45, 7) is 7.31. The fourth-order valence-corrected chi connectivity index (χ4v) is 4.30. The Bertz CT molecular complexity index is 1260. The lowest BCUT2D eigenvalue weighted by atomic mass is 10.1. The minimum absolute atomic E-state index is 0.187. The van der Waals surface area contributed by atoms with Crippen LogP contribution in [0.5, 0.6) is 0 Å². The smallest absolute Gasteiger partial charge is 0.302 e. The van der Waals surface area contributed by atoms with E-state index in [1.807, 2.05) is 54.6 Å². The van der Waals surface area contributed by atoms with E-state index in [-0.39, 0.29) is 5.84 Å². The van der Waals surface area contributed by atoms with Gasteiger partial charge < -0.3 is 20.9 Å². The first kappa shape index (κ1) is 25.1. The maximum atomic E-state index is 14.0. The summed E-state index contributed by atoms with van der Waals surface area (Å²) in [5.74, 6) is -0.682. The number of carbonyl (C=O) groups excluding carboxylic acids is 2. The Kier molecular flexibility index (Phi) is 7.45. The average molecular weight is 505 g/mol. The average Bonchev–Trinajstić information content (AvgIpc) is 3.13. The lowest BCUT2D eigenvalue weighted by Crippen LogP contribution is -2.66. The highest BCUT2D eigenvalue weighted by Crippen LogP contribution is 2.31. The molecule has 2 amide bonds. The van der Waals surface area contributed by atoms with Gasteiger partial charge in [-0.2, -0.15) is 5.01 Å². The van der Waals surface area contributed by atoms with Crippen LogP contribution in [0.1, 0.15) is 20.8 Å². The van der Waals surface area contributed by atoms with E-state index in [1.165, 1.54) is 11.9 Å². The van der Waals surface area contributed by atoms with Gasteiger partial charge in [-0.05, 0) is 62.4 Å². The van der Waals surface area contributed by atoms with Crippen LogP contribution in [0.15, 0.2) is 84.0 Å². The number of halogens is 1. The highest BCUT2D eigenvalue weighted by molar-refractivity contribution is 6.35. The van der Waals surface area contributed by atoms with Crippen LogP contribution >= 0.6 is 11.6 Å². The van der Waals surface area contributed by atoms with Gasteiger partial charge in [0.05, 0.1) is 16.4 Å². The van der Waals surface area contributed by atoms with E-state index >= 15 is 0 Å². The predicted octanol–water partition coefficient (Wildman–Crippen LogP) is 4.90. The number of anilines is 4. The van der Waals surface area contributed by atoms with Crippen molar-refractivity contribution in [2.45, 2.75) is 26.4 Å². The summed E-state index contributed by atoms with van der Waals surface area (Å²) in [5.41, 5.74) is 1.11. The number of amidine groups is 1. The first-order valence-corrected chi connectivity index (χ1v) is 12.2. The molecule has 1 unspecified atom stereocenters. The van der Waals surface area contributed by atoms with Crippen LogP contribution in [0.25, 0.3) is 0 Å². The maximum absolute atomic E-state index is 14.0. The van der Waals surface area contributed by atoms with Gasteiger partial charge in [0.1, 0.15) is 0 Å². The quantitative estimate of drug-likeness (QED) is 0.379. The summed E-state index contributed by atoms with van der Waals surface area (Å²) in [7, 11) is 0. The molecule has 3 aromatic carbocycles. The van der Waals surface area contributed by atoms with Gasteiger partial charge in [-0.3, -0.25) is 9.59 Å². The van der Waals surface area contributed by atoms with Crippen LogP contribution in [-0.2, 0) is 9.59 Å². The topological polar surface area (TPSA) is 89.1 Å². The Morgan fingerprint density at radius 2 is 1.61 bits per heavy atom. The van der Waals surface area contributed by atoms with Gasteiger partial charge in [-0.15, -0.1) is 5.10 Å². The van der Waals surface area contributed by atoms with E-state index in [2.05, 4.69) is 39.8 Å². The molecule has 0 fully saturated rings. The van der Waals surface area contributed by atoms with Crippen molar-refractivity contribution in [3.05, 3.63) is 83.9 Å². The van der Waals surface area contributed by atoms with Gasteiger partial charge in [-0.25, -0.2) is 0 Å². The first-order valence-electron chi connectivity index (χ1n) is 11.8. The molecule has 36 heavy (non-hydrogen) atoms. The molecule has 1 aliphatic heterocycles. The summed E-state index contributed by atoms with van der Waals surface area (Å²) in [5, 5.41) is 15.6. The summed E-state index contributed by atoms with van der Waals surface area (Å²) < 4.78 is 0. The zero-order chi connectivity index (χ0) is 25.7. The standard InChI is InChI=1S/C27H29ClN6O2/c1-4-33(5-2)21-17-15-20(16-18-21)31-27(30-19(3)35)25(29-24-14-10-9-13-23(24)28)32-34(26(27)36)22-11-7-6-8-12-22/h6-18,31H,4-5H2,1-3H3,(H,29,32)(H,30,35). The zero-order valence-corrected chi connectivity index (χ0v) is 21.2. The SMILES string of the molecule is CCN(CC)c1ccc(NC2(NC(C)=O)C(=O)N(c3ccccc3)N=C2Nc2ccccc2Cl)cc1. The lowest BCUT2D eigenvalue weighted by Gasteiger charge is -2.32.